The van der Waals surface area contributed by atoms with E-state index in [1.165, 1.54) is 6.20 Å². The van der Waals surface area contributed by atoms with E-state index in [0.29, 0.717) is 5.56 Å². The highest BCUT2D eigenvalue weighted by atomic mass is 19.1. The lowest BCUT2D eigenvalue weighted by atomic mass is 10.0. The van der Waals surface area contributed by atoms with Crippen LogP contribution in [0.15, 0.2) is 43.0 Å². The van der Waals surface area contributed by atoms with Gasteiger partial charge in [-0.15, -0.1) is 0 Å². The monoisotopic (exact) mass is 217 g/mol. The van der Waals surface area contributed by atoms with Crippen molar-refractivity contribution in [2.75, 3.05) is 7.05 Å². The molecule has 0 aliphatic rings. The Morgan fingerprint density at radius 1 is 1.19 bits per heavy atom. The van der Waals surface area contributed by atoms with Crippen LogP contribution in [-0.4, -0.2) is 17.0 Å². The molecular formula is C12H12FN3. The highest BCUT2D eigenvalue weighted by Gasteiger charge is 2.15. The van der Waals surface area contributed by atoms with Crippen LogP contribution in [-0.2, 0) is 0 Å². The molecule has 1 unspecified atom stereocenters. The van der Waals surface area contributed by atoms with Gasteiger partial charge >= 0.3 is 0 Å². The van der Waals surface area contributed by atoms with Crippen LogP contribution in [0, 0.1) is 5.82 Å². The number of hydrogen-bond donors (Lipinski definition) is 1. The molecule has 3 nitrogen and oxygen atoms in total. The molecule has 0 aliphatic carbocycles. The molecule has 0 saturated heterocycles. The zero-order chi connectivity index (χ0) is 11.4. The summed E-state index contributed by atoms with van der Waals surface area (Å²) >= 11 is 0. The Hall–Kier alpha value is -1.81. The van der Waals surface area contributed by atoms with Gasteiger partial charge in [-0.2, -0.15) is 0 Å². The van der Waals surface area contributed by atoms with Gasteiger partial charge in [-0.05, 0) is 24.7 Å². The molecule has 0 radical (unpaired) electrons. The van der Waals surface area contributed by atoms with Crippen LogP contribution in [0.5, 0.6) is 0 Å². The minimum atomic E-state index is -0.314. The summed E-state index contributed by atoms with van der Waals surface area (Å²) in [5.41, 5.74) is 1.50. The van der Waals surface area contributed by atoms with E-state index in [2.05, 4.69) is 15.3 Å². The van der Waals surface area contributed by atoms with Crippen molar-refractivity contribution in [2.24, 2.45) is 0 Å². The SMILES string of the molecule is CNC(c1cccnc1)c1ccncc1F. The summed E-state index contributed by atoms with van der Waals surface area (Å²) in [6, 6.07) is 5.22. The lowest BCUT2D eigenvalue weighted by molar-refractivity contribution is 0.570. The molecule has 2 aromatic rings. The molecule has 2 rings (SSSR count). The van der Waals surface area contributed by atoms with E-state index in [0.717, 1.165) is 5.56 Å². The van der Waals surface area contributed by atoms with Gasteiger partial charge in [0.05, 0.1) is 12.2 Å². The van der Waals surface area contributed by atoms with Crippen molar-refractivity contribution in [3.8, 4) is 0 Å². The molecule has 0 saturated carbocycles. The number of aromatic nitrogens is 2. The quantitative estimate of drug-likeness (QED) is 0.853. The number of hydrogen-bond acceptors (Lipinski definition) is 3. The van der Waals surface area contributed by atoms with Gasteiger partial charge in [0.2, 0.25) is 0 Å². The molecule has 0 aliphatic heterocycles. The lowest BCUT2D eigenvalue weighted by Crippen LogP contribution is -2.19. The first-order valence-electron chi connectivity index (χ1n) is 4.99. The molecule has 0 amide bonds. The molecule has 82 valence electrons. The first-order valence-corrected chi connectivity index (χ1v) is 4.99. The number of nitrogens with zero attached hydrogens (tertiary/aromatic N) is 2. The molecule has 1 N–H and O–H groups in total. The number of halogens is 1. The molecule has 0 fully saturated rings. The Morgan fingerprint density at radius 3 is 2.62 bits per heavy atom. The number of nitrogens with one attached hydrogen (secondary N) is 1. The summed E-state index contributed by atoms with van der Waals surface area (Å²) in [4.78, 5) is 7.77. The summed E-state index contributed by atoms with van der Waals surface area (Å²) < 4.78 is 13.6. The Bertz CT molecular complexity index is 459. The Kier molecular flexibility index (Phi) is 3.22. The van der Waals surface area contributed by atoms with Crippen molar-refractivity contribution >= 4 is 0 Å². The van der Waals surface area contributed by atoms with Crippen molar-refractivity contribution in [2.45, 2.75) is 6.04 Å². The van der Waals surface area contributed by atoms with Gasteiger partial charge in [0.25, 0.3) is 0 Å². The minimum absolute atomic E-state index is 0.198. The Labute approximate surface area is 93.4 Å². The fourth-order valence-corrected chi connectivity index (χ4v) is 1.67. The van der Waals surface area contributed by atoms with Crippen molar-refractivity contribution in [1.82, 2.24) is 15.3 Å². The van der Waals surface area contributed by atoms with Crippen LogP contribution >= 0.6 is 0 Å². The maximum Gasteiger partial charge on any atom is 0.146 e. The van der Waals surface area contributed by atoms with E-state index in [-0.39, 0.29) is 11.9 Å². The van der Waals surface area contributed by atoms with Gasteiger partial charge in [0, 0.05) is 24.2 Å². The topological polar surface area (TPSA) is 37.8 Å². The highest BCUT2D eigenvalue weighted by molar-refractivity contribution is 5.29. The Balaban J connectivity index is 2.41. The zero-order valence-corrected chi connectivity index (χ0v) is 8.89. The average Bonchev–Trinajstić information content (AvgIpc) is 2.34. The van der Waals surface area contributed by atoms with Crippen LogP contribution < -0.4 is 5.32 Å². The van der Waals surface area contributed by atoms with E-state index < -0.39 is 0 Å². The zero-order valence-electron chi connectivity index (χ0n) is 8.89. The number of pyridine rings is 2. The van der Waals surface area contributed by atoms with Gasteiger partial charge < -0.3 is 5.32 Å². The fraction of sp³-hybridized carbons (Fsp3) is 0.167. The van der Waals surface area contributed by atoms with Crippen LogP contribution in [0.2, 0.25) is 0 Å². The summed E-state index contributed by atoms with van der Waals surface area (Å²) in [7, 11) is 1.79. The fourth-order valence-electron chi connectivity index (χ4n) is 1.67. The second-order valence-corrected chi connectivity index (χ2v) is 3.41. The van der Waals surface area contributed by atoms with E-state index in [1.54, 1.807) is 31.7 Å². The van der Waals surface area contributed by atoms with Gasteiger partial charge in [-0.1, -0.05) is 6.07 Å². The third-order valence-corrected chi connectivity index (χ3v) is 2.42. The average molecular weight is 217 g/mol. The van der Waals surface area contributed by atoms with Gasteiger partial charge in [-0.3, -0.25) is 9.97 Å². The molecule has 1 atom stereocenters. The normalized spacial score (nSPS) is 12.4. The maximum atomic E-state index is 13.6. The summed E-state index contributed by atoms with van der Waals surface area (Å²) in [6.07, 6.45) is 6.22. The van der Waals surface area contributed by atoms with E-state index >= 15 is 0 Å². The third-order valence-electron chi connectivity index (χ3n) is 2.42. The van der Waals surface area contributed by atoms with Gasteiger partial charge in [0.15, 0.2) is 0 Å². The molecule has 2 aromatic heterocycles. The lowest BCUT2D eigenvalue weighted by Gasteiger charge is -2.16. The molecule has 4 heteroatoms. The largest absolute Gasteiger partial charge is 0.309 e. The second kappa shape index (κ2) is 4.81. The molecular weight excluding hydrogens is 205 g/mol. The van der Waals surface area contributed by atoms with Crippen LogP contribution in [0.4, 0.5) is 4.39 Å². The van der Waals surface area contributed by atoms with E-state index in [4.69, 9.17) is 0 Å². The van der Waals surface area contributed by atoms with Crippen LogP contribution in [0.25, 0.3) is 0 Å². The van der Waals surface area contributed by atoms with E-state index in [1.807, 2.05) is 12.1 Å². The number of rotatable bonds is 3. The first kappa shape index (κ1) is 10.7. The molecule has 0 spiro atoms. The predicted molar refractivity (Wildman–Crippen MR) is 59.3 cm³/mol. The summed E-state index contributed by atoms with van der Waals surface area (Å²) in [6.45, 7) is 0. The van der Waals surface area contributed by atoms with Gasteiger partial charge in [-0.25, -0.2) is 4.39 Å². The van der Waals surface area contributed by atoms with E-state index in [9.17, 15) is 4.39 Å². The summed E-state index contributed by atoms with van der Waals surface area (Å²) in [5.74, 6) is -0.314. The molecule has 0 aromatic carbocycles. The van der Waals surface area contributed by atoms with Crippen LogP contribution in [0.1, 0.15) is 17.2 Å². The summed E-state index contributed by atoms with van der Waals surface area (Å²) in [5, 5.41) is 3.07. The molecule has 2 heterocycles. The third kappa shape index (κ3) is 2.06. The maximum absolute atomic E-state index is 13.6. The van der Waals surface area contributed by atoms with Crippen molar-refractivity contribution < 1.29 is 4.39 Å². The van der Waals surface area contributed by atoms with Crippen molar-refractivity contribution in [3.63, 3.8) is 0 Å². The molecule has 16 heavy (non-hydrogen) atoms. The predicted octanol–water partition coefficient (Wildman–Crippen LogP) is 1.92. The minimum Gasteiger partial charge on any atom is -0.309 e. The van der Waals surface area contributed by atoms with Crippen molar-refractivity contribution in [1.29, 1.82) is 0 Å². The second-order valence-electron chi connectivity index (χ2n) is 3.41. The molecule has 0 bridgehead atoms. The van der Waals surface area contributed by atoms with Gasteiger partial charge in [0.1, 0.15) is 5.82 Å². The smallest absolute Gasteiger partial charge is 0.146 e. The van der Waals surface area contributed by atoms with Crippen molar-refractivity contribution in [3.05, 3.63) is 59.9 Å². The van der Waals surface area contributed by atoms with Crippen LogP contribution in [0.3, 0.4) is 0 Å². The first-order chi connectivity index (χ1) is 7.83. The standard InChI is InChI=1S/C12H12FN3/c1-14-12(9-3-2-5-15-7-9)10-4-6-16-8-11(10)13/h2-8,12,14H,1H3. The Morgan fingerprint density at radius 2 is 2.00 bits per heavy atom. The highest BCUT2D eigenvalue weighted by Crippen LogP contribution is 2.22.